The first-order valence-electron chi connectivity index (χ1n) is 3.86. The van der Waals surface area contributed by atoms with Gasteiger partial charge in [0.15, 0.2) is 0 Å². The van der Waals surface area contributed by atoms with Crippen molar-refractivity contribution in [1.29, 1.82) is 0 Å². The molecule has 0 amide bonds. The van der Waals surface area contributed by atoms with Crippen LogP contribution in [0.3, 0.4) is 0 Å². The molecular formula is C8H16O3Si. The molecule has 0 N–H and O–H groups in total. The van der Waals surface area contributed by atoms with E-state index >= 15 is 0 Å². The predicted molar refractivity (Wildman–Crippen MR) is 50.6 cm³/mol. The van der Waals surface area contributed by atoms with Crippen molar-refractivity contribution in [3.8, 4) is 0 Å². The lowest BCUT2D eigenvalue weighted by atomic mass is 10.8. The van der Waals surface area contributed by atoms with Crippen molar-refractivity contribution >= 4 is 14.2 Å². The van der Waals surface area contributed by atoms with Gasteiger partial charge in [0.2, 0.25) is 0 Å². The monoisotopic (exact) mass is 188 g/mol. The molecule has 0 aliphatic carbocycles. The third-order valence-electron chi connectivity index (χ3n) is 1.67. The molecule has 0 saturated carbocycles. The molecule has 0 radical (unpaired) electrons. The lowest BCUT2D eigenvalue weighted by molar-refractivity contribution is 0.0752. The smallest absolute Gasteiger partial charge is 0.435 e. The van der Waals surface area contributed by atoms with Crippen LogP contribution in [0.4, 0.5) is 4.79 Å². The van der Waals surface area contributed by atoms with Gasteiger partial charge in [0.1, 0.15) is 0 Å². The fourth-order valence-corrected chi connectivity index (χ4v) is 0.867. The molecular weight excluding hydrogens is 172 g/mol. The molecule has 0 rings (SSSR count). The van der Waals surface area contributed by atoms with E-state index in [1.54, 1.807) is 0 Å². The van der Waals surface area contributed by atoms with Crippen LogP contribution >= 0.6 is 0 Å². The molecule has 4 heteroatoms. The Morgan fingerprint density at radius 3 is 2.33 bits per heavy atom. The molecule has 1 unspecified atom stereocenters. The highest BCUT2D eigenvalue weighted by atomic mass is 28.3. The Balaban J connectivity index is 3.92. The minimum atomic E-state index is -1.41. The van der Waals surface area contributed by atoms with E-state index in [9.17, 15) is 4.79 Å². The molecule has 0 aliphatic heterocycles. The highest BCUT2D eigenvalue weighted by Crippen LogP contribution is 2.11. The van der Waals surface area contributed by atoms with Crippen LogP contribution < -0.4 is 0 Å². The molecule has 3 nitrogen and oxygen atoms in total. The van der Waals surface area contributed by atoms with Crippen molar-refractivity contribution in [2.45, 2.75) is 32.3 Å². The van der Waals surface area contributed by atoms with Crippen LogP contribution in [0.5, 0.6) is 0 Å². The first kappa shape index (κ1) is 11.2. The van der Waals surface area contributed by atoms with E-state index in [1.807, 2.05) is 6.92 Å². The van der Waals surface area contributed by atoms with E-state index < -0.39 is 14.2 Å². The van der Waals surface area contributed by atoms with Crippen LogP contribution in [-0.4, -0.2) is 20.0 Å². The Bertz CT molecular complexity index is 172. The molecule has 70 valence electrons. The number of rotatable bonds is 3. The zero-order valence-electron chi connectivity index (χ0n) is 8.09. The van der Waals surface area contributed by atoms with Gasteiger partial charge in [0, 0.05) is 0 Å². The van der Waals surface area contributed by atoms with Crippen LogP contribution in [0.1, 0.15) is 6.92 Å². The molecule has 0 bridgehead atoms. The average molecular weight is 188 g/mol. The number of carbonyl (C=O) groups is 1. The summed E-state index contributed by atoms with van der Waals surface area (Å²) in [6.07, 6.45) is 0.402. The normalized spacial score (nSPS) is 13.3. The van der Waals surface area contributed by atoms with Crippen LogP contribution in [0.15, 0.2) is 12.8 Å². The van der Waals surface area contributed by atoms with Crippen molar-refractivity contribution in [2.75, 3.05) is 0 Å². The van der Waals surface area contributed by atoms with Gasteiger partial charge < -0.3 is 9.47 Å². The van der Waals surface area contributed by atoms with Gasteiger partial charge in [-0.3, -0.25) is 0 Å². The van der Waals surface area contributed by atoms with Crippen molar-refractivity contribution in [3.05, 3.63) is 12.8 Å². The quantitative estimate of drug-likeness (QED) is 0.388. The molecule has 0 aromatic rings. The zero-order chi connectivity index (χ0) is 9.78. The minimum absolute atomic E-state index is 0.0371. The zero-order valence-corrected chi connectivity index (χ0v) is 9.09. The molecule has 0 aromatic carbocycles. The molecule has 0 spiro atoms. The van der Waals surface area contributed by atoms with Gasteiger partial charge in [-0.05, 0) is 6.92 Å². The summed E-state index contributed by atoms with van der Waals surface area (Å²) in [6, 6.07) is 0. The van der Waals surface area contributed by atoms with Crippen LogP contribution in [0.25, 0.3) is 0 Å². The summed E-state index contributed by atoms with van der Waals surface area (Å²) in [5.41, 5.74) is -0.0371. The van der Waals surface area contributed by atoms with E-state index in [4.69, 9.17) is 4.74 Å². The Kier molecular flexibility index (Phi) is 4.02. The van der Waals surface area contributed by atoms with Crippen molar-refractivity contribution < 1.29 is 14.3 Å². The predicted octanol–water partition coefficient (Wildman–Crippen LogP) is 2.55. The largest absolute Gasteiger partial charge is 0.513 e. The first-order valence-corrected chi connectivity index (χ1v) is 7.44. The second-order valence-electron chi connectivity index (χ2n) is 3.66. The highest BCUT2D eigenvalue weighted by molar-refractivity contribution is 6.77. The first-order chi connectivity index (χ1) is 5.38. The summed E-state index contributed by atoms with van der Waals surface area (Å²) in [5, 5.41) is 0. The van der Waals surface area contributed by atoms with Gasteiger partial charge in [-0.15, -0.1) is 0 Å². The number of hydrogen-bond donors (Lipinski definition) is 0. The van der Waals surface area contributed by atoms with Crippen LogP contribution in [-0.2, 0) is 9.47 Å². The molecule has 1 atom stereocenters. The maximum atomic E-state index is 10.8. The Labute approximate surface area is 74.4 Å². The Morgan fingerprint density at radius 1 is 1.50 bits per heavy atom. The summed E-state index contributed by atoms with van der Waals surface area (Å²) in [7, 11) is -1.41. The van der Waals surface area contributed by atoms with Gasteiger partial charge in [-0.25, -0.2) is 4.79 Å². The van der Waals surface area contributed by atoms with Gasteiger partial charge in [0.25, 0.3) is 0 Å². The summed E-state index contributed by atoms with van der Waals surface area (Å²) in [5.74, 6) is 0. The minimum Gasteiger partial charge on any atom is -0.435 e. The summed E-state index contributed by atoms with van der Waals surface area (Å²) in [4.78, 5) is 10.8. The molecule has 0 aliphatic rings. The van der Waals surface area contributed by atoms with E-state index in [-0.39, 0.29) is 5.73 Å². The van der Waals surface area contributed by atoms with E-state index in [1.165, 1.54) is 0 Å². The molecule has 0 aromatic heterocycles. The van der Waals surface area contributed by atoms with Crippen LogP contribution in [0.2, 0.25) is 19.6 Å². The van der Waals surface area contributed by atoms with Gasteiger partial charge in [0.05, 0.1) is 20.1 Å². The maximum absolute atomic E-state index is 10.8. The van der Waals surface area contributed by atoms with Gasteiger partial charge >= 0.3 is 6.16 Å². The third kappa shape index (κ3) is 4.18. The lowest BCUT2D eigenvalue weighted by Gasteiger charge is -2.23. The Hall–Kier alpha value is -0.773. The summed E-state index contributed by atoms with van der Waals surface area (Å²) < 4.78 is 9.42. The van der Waals surface area contributed by atoms with Crippen molar-refractivity contribution in [3.63, 3.8) is 0 Å². The van der Waals surface area contributed by atoms with Crippen LogP contribution in [0, 0.1) is 0 Å². The third-order valence-corrected chi connectivity index (χ3v) is 4.23. The fraction of sp³-hybridized carbons (Fsp3) is 0.625. The molecule has 0 saturated heterocycles. The summed E-state index contributed by atoms with van der Waals surface area (Å²) >= 11 is 0. The maximum Gasteiger partial charge on any atom is 0.513 e. The lowest BCUT2D eigenvalue weighted by Crippen LogP contribution is -2.39. The highest BCUT2D eigenvalue weighted by Gasteiger charge is 2.26. The van der Waals surface area contributed by atoms with Crippen molar-refractivity contribution in [2.24, 2.45) is 0 Å². The second-order valence-corrected chi connectivity index (χ2v) is 9.21. The average Bonchev–Trinajstić information content (AvgIpc) is 1.85. The molecule has 0 heterocycles. The Morgan fingerprint density at radius 2 is 2.00 bits per heavy atom. The van der Waals surface area contributed by atoms with E-state index in [2.05, 4.69) is 31.0 Å². The molecule has 0 fully saturated rings. The number of carbonyl (C=O) groups excluding carboxylic acids is 1. The van der Waals surface area contributed by atoms with Crippen molar-refractivity contribution in [1.82, 2.24) is 0 Å². The van der Waals surface area contributed by atoms with Gasteiger partial charge in [-0.2, -0.15) is 0 Å². The second kappa shape index (κ2) is 4.30. The number of ether oxygens (including phenoxy) is 2. The van der Waals surface area contributed by atoms with E-state index in [0.29, 0.717) is 0 Å². The standard InChI is InChI=1S/C8H16O3Si/c1-6-10-8(9)11-7(2)12(3,4)5/h6-7H,1H2,2-5H3. The molecule has 12 heavy (non-hydrogen) atoms. The summed E-state index contributed by atoms with van der Waals surface area (Å²) in [6.45, 7) is 11.5. The van der Waals surface area contributed by atoms with Gasteiger partial charge in [-0.1, -0.05) is 26.2 Å². The SMILES string of the molecule is C=COC(=O)OC(C)[Si](C)(C)C. The van der Waals surface area contributed by atoms with E-state index in [0.717, 1.165) is 6.26 Å². The topological polar surface area (TPSA) is 35.5 Å². The fourth-order valence-electron chi connectivity index (χ4n) is 0.417. The number of hydrogen-bond acceptors (Lipinski definition) is 3.